The van der Waals surface area contributed by atoms with Crippen molar-refractivity contribution in [2.45, 2.75) is 70.8 Å². The lowest BCUT2D eigenvalue weighted by molar-refractivity contribution is -0.179. The lowest BCUT2D eigenvalue weighted by atomic mass is 9.38. The van der Waals surface area contributed by atoms with Crippen molar-refractivity contribution in [3.05, 3.63) is 12.2 Å². The summed E-state index contributed by atoms with van der Waals surface area (Å²) in [5.41, 5.74) is 0.253. The zero-order chi connectivity index (χ0) is 18.1. The van der Waals surface area contributed by atoms with E-state index in [9.17, 15) is 9.90 Å². The van der Waals surface area contributed by atoms with Crippen LogP contribution in [0.15, 0.2) is 12.2 Å². The van der Waals surface area contributed by atoms with Gasteiger partial charge >= 0.3 is 5.97 Å². The van der Waals surface area contributed by atoms with Crippen LogP contribution in [-0.4, -0.2) is 24.3 Å². The summed E-state index contributed by atoms with van der Waals surface area (Å²) in [4.78, 5) is 12.2. The van der Waals surface area contributed by atoms with E-state index in [-0.39, 0.29) is 11.3 Å². The number of methoxy groups -OCH3 is 1. The van der Waals surface area contributed by atoms with Crippen LogP contribution in [0, 0.1) is 46.3 Å². The Morgan fingerprint density at radius 2 is 1.92 bits per heavy atom. The number of hydrogen-bond acceptors (Lipinski definition) is 2. The number of carboxylic acid groups (broad SMARTS) is 1. The van der Waals surface area contributed by atoms with Crippen molar-refractivity contribution in [2.24, 2.45) is 46.3 Å². The van der Waals surface area contributed by atoms with Crippen LogP contribution in [0.4, 0.5) is 0 Å². The van der Waals surface area contributed by atoms with Crippen molar-refractivity contribution in [2.75, 3.05) is 7.11 Å². The first kappa shape index (κ1) is 17.3. The summed E-state index contributed by atoms with van der Waals surface area (Å²) in [6, 6.07) is 0. The second kappa shape index (κ2) is 5.83. The predicted octanol–water partition coefficient (Wildman–Crippen LogP) is 4.91. The molecule has 6 rings (SSSR count). The number of fused-ring (bicyclic) bond motifs is 3. The van der Waals surface area contributed by atoms with Crippen molar-refractivity contribution in [3.63, 3.8) is 0 Å². The fourth-order valence-corrected chi connectivity index (χ4v) is 8.99. The monoisotopic (exact) mass is 358 g/mol. The van der Waals surface area contributed by atoms with Crippen LogP contribution in [0.25, 0.3) is 0 Å². The molecule has 0 aromatic rings. The van der Waals surface area contributed by atoms with Crippen LogP contribution in [0.5, 0.6) is 0 Å². The number of hydrogen-bond donors (Lipinski definition) is 1. The van der Waals surface area contributed by atoms with Gasteiger partial charge in [-0.25, -0.2) is 0 Å². The van der Waals surface area contributed by atoms with Gasteiger partial charge < -0.3 is 9.84 Å². The van der Waals surface area contributed by atoms with Gasteiger partial charge in [-0.15, -0.1) is 0 Å². The number of aliphatic carboxylic acids is 1. The van der Waals surface area contributed by atoms with Gasteiger partial charge in [0.2, 0.25) is 0 Å². The number of allylic oxidation sites excluding steroid dienone is 2. The van der Waals surface area contributed by atoms with Gasteiger partial charge in [0.05, 0.1) is 12.0 Å². The predicted molar refractivity (Wildman–Crippen MR) is 101 cm³/mol. The Balaban J connectivity index is 1.57. The maximum atomic E-state index is 12.2. The Labute approximate surface area is 157 Å². The van der Waals surface area contributed by atoms with Gasteiger partial charge in [0.15, 0.2) is 0 Å². The Bertz CT molecular complexity index is 607. The summed E-state index contributed by atoms with van der Waals surface area (Å²) in [5, 5.41) is 10.1. The highest BCUT2D eigenvalue weighted by atomic mass is 16.5. The maximum Gasteiger partial charge on any atom is 0.307 e. The van der Waals surface area contributed by atoms with Gasteiger partial charge in [0.25, 0.3) is 0 Å². The molecule has 7 atom stereocenters. The van der Waals surface area contributed by atoms with E-state index >= 15 is 0 Å². The van der Waals surface area contributed by atoms with Crippen molar-refractivity contribution in [1.29, 1.82) is 0 Å². The van der Waals surface area contributed by atoms with Gasteiger partial charge in [-0.3, -0.25) is 4.79 Å². The van der Waals surface area contributed by atoms with Gasteiger partial charge in [-0.05, 0) is 92.8 Å². The van der Waals surface area contributed by atoms with Crippen LogP contribution in [0.2, 0.25) is 0 Å². The standard InChI is InChI=1S/C23H34O3/c1-3-18(26-2)13-22-10-15-6-16(11-22)8-17(7-15)20(22)23-5-4-14(12-23)9-19(23)21(24)25/h4-5,14-20H,3,6-13H2,1-2H3,(H,24,25). The van der Waals surface area contributed by atoms with Crippen LogP contribution >= 0.6 is 0 Å². The molecule has 0 saturated heterocycles. The van der Waals surface area contributed by atoms with Crippen molar-refractivity contribution < 1.29 is 14.6 Å². The number of ether oxygens (including phenoxy) is 1. The molecule has 0 aliphatic heterocycles. The average molecular weight is 359 g/mol. The lowest BCUT2D eigenvalue weighted by Gasteiger charge is -2.66. The number of rotatable bonds is 6. The topological polar surface area (TPSA) is 46.5 Å². The molecule has 26 heavy (non-hydrogen) atoms. The zero-order valence-corrected chi connectivity index (χ0v) is 16.3. The van der Waals surface area contributed by atoms with Crippen LogP contribution < -0.4 is 0 Å². The Morgan fingerprint density at radius 1 is 1.19 bits per heavy atom. The van der Waals surface area contributed by atoms with Crippen LogP contribution in [-0.2, 0) is 9.53 Å². The van der Waals surface area contributed by atoms with E-state index in [0.717, 1.165) is 43.4 Å². The summed E-state index contributed by atoms with van der Waals surface area (Å²) in [5.74, 6) is 2.91. The second-order valence-corrected chi connectivity index (χ2v) is 10.5. The van der Waals surface area contributed by atoms with E-state index < -0.39 is 5.97 Å². The smallest absolute Gasteiger partial charge is 0.307 e. The number of carbonyl (C=O) groups is 1. The molecule has 7 unspecified atom stereocenters. The molecular weight excluding hydrogens is 324 g/mol. The molecule has 6 bridgehead atoms. The highest BCUT2D eigenvalue weighted by Gasteiger charge is 2.67. The molecular formula is C23H34O3. The molecule has 3 nitrogen and oxygen atoms in total. The minimum atomic E-state index is -0.542. The quantitative estimate of drug-likeness (QED) is 0.686. The van der Waals surface area contributed by atoms with Crippen molar-refractivity contribution in [3.8, 4) is 0 Å². The van der Waals surface area contributed by atoms with E-state index in [2.05, 4.69) is 19.1 Å². The average Bonchev–Trinajstić information content (AvgIpc) is 3.17. The van der Waals surface area contributed by atoms with Crippen LogP contribution in [0.3, 0.4) is 0 Å². The fourth-order valence-electron chi connectivity index (χ4n) is 8.99. The molecule has 0 spiro atoms. The maximum absolute atomic E-state index is 12.2. The Morgan fingerprint density at radius 3 is 2.50 bits per heavy atom. The van der Waals surface area contributed by atoms with Gasteiger partial charge in [0.1, 0.15) is 0 Å². The molecule has 5 saturated carbocycles. The molecule has 0 aromatic heterocycles. The summed E-state index contributed by atoms with van der Waals surface area (Å²) in [6.07, 6.45) is 16.1. The minimum Gasteiger partial charge on any atom is -0.481 e. The summed E-state index contributed by atoms with van der Waals surface area (Å²) in [6.45, 7) is 2.24. The van der Waals surface area contributed by atoms with E-state index in [1.54, 1.807) is 0 Å². The van der Waals surface area contributed by atoms with Gasteiger partial charge in [-0.1, -0.05) is 19.1 Å². The molecule has 5 fully saturated rings. The largest absolute Gasteiger partial charge is 0.481 e. The van der Waals surface area contributed by atoms with Crippen LogP contribution in [0.1, 0.15) is 64.7 Å². The molecule has 0 aromatic carbocycles. The molecule has 1 N–H and O–H groups in total. The minimum absolute atomic E-state index is 0.0690. The highest BCUT2D eigenvalue weighted by molar-refractivity contribution is 5.73. The third kappa shape index (κ3) is 2.25. The van der Waals surface area contributed by atoms with Gasteiger partial charge in [-0.2, -0.15) is 0 Å². The third-order valence-electron chi connectivity index (χ3n) is 9.24. The molecule has 6 aliphatic rings. The first-order valence-electron chi connectivity index (χ1n) is 10.9. The normalized spacial score (nSPS) is 51.9. The summed E-state index contributed by atoms with van der Waals surface area (Å²) in [7, 11) is 1.86. The van der Waals surface area contributed by atoms with E-state index in [0.29, 0.717) is 23.4 Å². The fraction of sp³-hybridized carbons (Fsp3) is 0.870. The van der Waals surface area contributed by atoms with E-state index in [1.165, 1.54) is 32.1 Å². The SMILES string of the molecule is CCC(CC12CC3CC(CC(C3)C1C13C=CC(CC1C(=O)O)C3)C2)OC. The van der Waals surface area contributed by atoms with Crippen molar-refractivity contribution >= 4 is 5.97 Å². The zero-order valence-electron chi connectivity index (χ0n) is 16.3. The van der Waals surface area contributed by atoms with E-state index in [1.807, 2.05) is 7.11 Å². The molecule has 144 valence electrons. The lowest BCUT2D eigenvalue weighted by Crippen LogP contribution is -2.59. The van der Waals surface area contributed by atoms with E-state index in [4.69, 9.17) is 4.74 Å². The molecule has 0 amide bonds. The highest BCUT2D eigenvalue weighted by Crippen LogP contribution is 2.73. The first-order chi connectivity index (χ1) is 12.5. The van der Waals surface area contributed by atoms with Gasteiger partial charge in [0, 0.05) is 12.5 Å². The van der Waals surface area contributed by atoms with Crippen molar-refractivity contribution in [1.82, 2.24) is 0 Å². The number of carboxylic acids is 1. The Hall–Kier alpha value is -0.830. The molecule has 0 heterocycles. The Kier molecular flexibility index (Phi) is 3.88. The summed E-state index contributed by atoms with van der Waals surface area (Å²) < 4.78 is 5.87. The first-order valence-corrected chi connectivity index (χ1v) is 10.9. The molecule has 6 aliphatic carbocycles. The summed E-state index contributed by atoms with van der Waals surface area (Å²) >= 11 is 0. The second-order valence-electron chi connectivity index (χ2n) is 10.5. The molecule has 0 radical (unpaired) electrons. The third-order valence-corrected chi connectivity index (χ3v) is 9.24. The molecule has 3 heteroatoms.